The molecule has 2 rings (SSSR count). The molecule has 1 atom stereocenters. The molecule has 1 unspecified atom stereocenters. The lowest BCUT2D eigenvalue weighted by Crippen LogP contribution is -2.20. The molecule has 5 nitrogen and oxygen atoms in total. The molecule has 1 aromatic rings. The van der Waals surface area contributed by atoms with Gasteiger partial charge in [-0.05, 0) is 24.6 Å². The summed E-state index contributed by atoms with van der Waals surface area (Å²) in [5, 5.41) is 12.1. The molecule has 2 N–H and O–H groups in total. The Kier molecular flexibility index (Phi) is 5.09. The van der Waals surface area contributed by atoms with E-state index in [0.717, 1.165) is 29.9 Å². The summed E-state index contributed by atoms with van der Waals surface area (Å²) in [5.41, 5.74) is 1.83. The van der Waals surface area contributed by atoms with E-state index in [0.29, 0.717) is 12.4 Å². The van der Waals surface area contributed by atoms with Crippen molar-refractivity contribution in [1.82, 2.24) is 5.32 Å². The van der Waals surface area contributed by atoms with E-state index in [1.54, 1.807) is 12.1 Å². The average Bonchev–Trinajstić information content (AvgIpc) is 2.79. The van der Waals surface area contributed by atoms with Gasteiger partial charge in [-0.3, -0.25) is 4.79 Å². The molecule has 0 amide bonds. The molecule has 21 heavy (non-hydrogen) atoms. The minimum absolute atomic E-state index is 0.00917. The maximum Gasteiger partial charge on any atom is 0.307 e. The summed E-state index contributed by atoms with van der Waals surface area (Å²) in [4.78, 5) is 10.7. The number of benzene rings is 1. The number of hydrogen-bond donors (Lipinski definition) is 2. The molecule has 114 valence electrons. The number of aliphatic carboxylic acids is 1. The molecule has 1 aliphatic rings. The highest BCUT2D eigenvalue weighted by molar-refractivity contribution is 5.70. The van der Waals surface area contributed by atoms with Crippen molar-refractivity contribution in [3.8, 4) is 5.75 Å². The fourth-order valence-corrected chi connectivity index (χ4v) is 2.34. The van der Waals surface area contributed by atoms with Crippen LogP contribution in [0.4, 0.5) is 0 Å². The Hall–Kier alpha value is -2.17. The molecule has 1 aliphatic heterocycles. The Labute approximate surface area is 124 Å². The molecule has 1 heterocycles. The lowest BCUT2D eigenvalue weighted by Gasteiger charge is -2.09. The van der Waals surface area contributed by atoms with Gasteiger partial charge in [0.1, 0.15) is 11.5 Å². The number of ether oxygens (including phenoxy) is 2. The standard InChI is InChI=1S/C16H21NO4/c1-3-15-14(17-11(2)21-15)7-8-20-13-6-4-5-12(9-13)10-16(18)19/h4-6,9,11,17H,3,7-8,10H2,1-2H3,(H,18,19). The normalized spacial score (nSPS) is 17.3. The Morgan fingerprint density at radius 2 is 2.29 bits per heavy atom. The predicted molar refractivity (Wildman–Crippen MR) is 78.9 cm³/mol. The second-order valence-corrected chi connectivity index (χ2v) is 4.98. The number of rotatable bonds is 7. The lowest BCUT2D eigenvalue weighted by atomic mass is 10.1. The molecule has 1 aromatic carbocycles. The monoisotopic (exact) mass is 291 g/mol. The van der Waals surface area contributed by atoms with Gasteiger partial charge in [-0.15, -0.1) is 0 Å². The van der Waals surface area contributed by atoms with Crippen molar-refractivity contribution in [2.45, 2.75) is 39.3 Å². The average molecular weight is 291 g/mol. The van der Waals surface area contributed by atoms with E-state index in [1.807, 2.05) is 19.1 Å². The summed E-state index contributed by atoms with van der Waals surface area (Å²) in [7, 11) is 0. The lowest BCUT2D eigenvalue weighted by molar-refractivity contribution is -0.136. The molecule has 0 bridgehead atoms. The number of nitrogens with one attached hydrogen (secondary N) is 1. The fraction of sp³-hybridized carbons (Fsp3) is 0.438. The molecule has 0 aliphatic carbocycles. The van der Waals surface area contributed by atoms with Gasteiger partial charge in [0.2, 0.25) is 0 Å². The second kappa shape index (κ2) is 7.02. The summed E-state index contributed by atoms with van der Waals surface area (Å²) >= 11 is 0. The maximum atomic E-state index is 10.7. The van der Waals surface area contributed by atoms with Crippen molar-refractivity contribution in [2.75, 3.05) is 6.61 Å². The van der Waals surface area contributed by atoms with Crippen molar-refractivity contribution in [1.29, 1.82) is 0 Å². The van der Waals surface area contributed by atoms with Crippen LogP contribution >= 0.6 is 0 Å². The van der Waals surface area contributed by atoms with E-state index in [2.05, 4.69) is 12.2 Å². The molecule has 0 fully saturated rings. The molecule has 5 heteroatoms. The van der Waals surface area contributed by atoms with Gasteiger partial charge >= 0.3 is 5.97 Å². The van der Waals surface area contributed by atoms with Crippen LogP contribution in [0.3, 0.4) is 0 Å². The molecular formula is C16H21NO4. The highest BCUT2D eigenvalue weighted by atomic mass is 16.5. The van der Waals surface area contributed by atoms with Crippen LogP contribution in [0.5, 0.6) is 5.75 Å². The molecule has 0 aromatic heterocycles. The Morgan fingerprint density at radius 1 is 1.48 bits per heavy atom. The third-order valence-electron chi connectivity index (χ3n) is 3.23. The highest BCUT2D eigenvalue weighted by Crippen LogP contribution is 2.21. The Balaban J connectivity index is 1.87. The second-order valence-electron chi connectivity index (χ2n) is 4.98. The van der Waals surface area contributed by atoms with Gasteiger partial charge < -0.3 is 19.9 Å². The number of allylic oxidation sites excluding steroid dienone is 1. The summed E-state index contributed by atoms with van der Waals surface area (Å²) in [6.45, 7) is 4.56. The van der Waals surface area contributed by atoms with Crippen molar-refractivity contribution in [3.63, 3.8) is 0 Å². The fourth-order valence-electron chi connectivity index (χ4n) is 2.34. The molecule has 0 saturated carbocycles. The predicted octanol–water partition coefficient (Wildman–Crippen LogP) is 2.67. The van der Waals surface area contributed by atoms with Crippen LogP contribution in [-0.4, -0.2) is 23.9 Å². The first-order chi connectivity index (χ1) is 10.1. The summed E-state index contributed by atoms with van der Waals surface area (Å²) in [6.07, 6.45) is 1.64. The SMILES string of the molecule is CCC1=C(CCOc2cccc(CC(=O)O)c2)NC(C)O1. The number of carbonyl (C=O) groups is 1. The summed E-state index contributed by atoms with van der Waals surface area (Å²) in [6, 6.07) is 7.20. The minimum Gasteiger partial charge on any atom is -0.493 e. The van der Waals surface area contributed by atoms with E-state index in [4.69, 9.17) is 14.6 Å². The van der Waals surface area contributed by atoms with Crippen molar-refractivity contribution < 1.29 is 19.4 Å². The first-order valence-corrected chi connectivity index (χ1v) is 7.17. The van der Waals surface area contributed by atoms with E-state index < -0.39 is 5.97 Å². The topological polar surface area (TPSA) is 67.8 Å². The minimum atomic E-state index is -0.841. The van der Waals surface area contributed by atoms with Crippen molar-refractivity contribution in [3.05, 3.63) is 41.3 Å². The quantitative estimate of drug-likeness (QED) is 0.808. The summed E-state index contributed by atoms with van der Waals surface area (Å²) < 4.78 is 11.3. The van der Waals surface area contributed by atoms with Crippen molar-refractivity contribution in [2.24, 2.45) is 0 Å². The Morgan fingerprint density at radius 3 is 3.00 bits per heavy atom. The number of hydrogen-bond acceptors (Lipinski definition) is 4. The van der Waals surface area contributed by atoms with Gasteiger partial charge in [-0.2, -0.15) is 0 Å². The van der Waals surface area contributed by atoms with Crippen LogP contribution in [0.1, 0.15) is 32.3 Å². The van der Waals surface area contributed by atoms with Crippen molar-refractivity contribution >= 4 is 5.97 Å². The molecule has 0 radical (unpaired) electrons. The van der Waals surface area contributed by atoms with Crippen LogP contribution in [-0.2, 0) is 16.0 Å². The van der Waals surface area contributed by atoms with E-state index in [9.17, 15) is 4.79 Å². The van der Waals surface area contributed by atoms with E-state index in [1.165, 1.54) is 0 Å². The van der Waals surface area contributed by atoms with Gasteiger partial charge in [0.25, 0.3) is 0 Å². The van der Waals surface area contributed by atoms with Gasteiger partial charge in [0.15, 0.2) is 6.23 Å². The maximum absolute atomic E-state index is 10.7. The first-order valence-electron chi connectivity index (χ1n) is 7.17. The molecule has 0 saturated heterocycles. The zero-order chi connectivity index (χ0) is 15.2. The molecular weight excluding hydrogens is 270 g/mol. The molecule has 0 spiro atoms. The van der Waals surface area contributed by atoms with Gasteiger partial charge in [0.05, 0.1) is 18.7 Å². The largest absolute Gasteiger partial charge is 0.493 e. The zero-order valence-corrected chi connectivity index (χ0v) is 12.4. The van der Waals surface area contributed by atoms with Crippen LogP contribution in [0.25, 0.3) is 0 Å². The third-order valence-corrected chi connectivity index (χ3v) is 3.23. The van der Waals surface area contributed by atoms with E-state index >= 15 is 0 Å². The highest BCUT2D eigenvalue weighted by Gasteiger charge is 2.19. The third kappa shape index (κ3) is 4.41. The van der Waals surface area contributed by atoms with Crippen LogP contribution in [0, 0.1) is 0 Å². The first kappa shape index (κ1) is 15.2. The zero-order valence-electron chi connectivity index (χ0n) is 12.4. The van der Waals surface area contributed by atoms with Crippen LogP contribution in [0.2, 0.25) is 0 Å². The van der Waals surface area contributed by atoms with Gasteiger partial charge in [0, 0.05) is 12.8 Å². The van der Waals surface area contributed by atoms with E-state index in [-0.39, 0.29) is 12.6 Å². The van der Waals surface area contributed by atoms with Crippen LogP contribution < -0.4 is 10.1 Å². The number of carboxylic acids is 1. The van der Waals surface area contributed by atoms with Gasteiger partial charge in [-0.1, -0.05) is 19.1 Å². The smallest absolute Gasteiger partial charge is 0.307 e. The van der Waals surface area contributed by atoms with Crippen LogP contribution in [0.15, 0.2) is 35.7 Å². The Bertz CT molecular complexity index is 539. The summed E-state index contributed by atoms with van der Waals surface area (Å²) in [5.74, 6) is 0.844. The van der Waals surface area contributed by atoms with Gasteiger partial charge in [-0.25, -0.2) is 0 Å². The number of carboxylic acid groups (broad SMARTS) is 1.